The van der Waals surface area contributed by atoms with Crippen LogP contribution in [0.5, 0.6) is 11.5 Å². The molecule has 0 spiro atoms. The number of ether oxygens (including phenoxy) is 2. The predicted molar refractivity (Wildman–Crippen MR) is 106 cm³/mol. The minimum absolute atomic E-state index is 0.467. The summed E-state index contributed by atoms with van der Waals surface area (Å²) in [6, 6.07) is 19.7. The quantitative estimate of drug-likeness (QED) is 0.629. The Morgan fingerprint density at radius 1 is 1.04 bits per heavy atom. The van der Waals surface area contributed by atoms with Gasteiger partial charge < -0.3 is 19.4 Å². The van der Waals surface area contributed by atoms with E-state index in [9.17, 15) is 5.26 Å². The molecule has 0 aliphatic carbocycles. The van der Waals surface area contributed by atoms with Crippen LogP contribution in [0.3, 0.4) is 0 Å². The molecular weight excluding hydrogens is 338 g/mol. The standard InChI is InChI=1S/C22H21N3O2/c1-26-20-13-17(14-21(27-2)22(20)25-10-6-7-11-25)12-18(15-23)16-24-19-8-4-3-5-9-19/h3-11,13-14,16,24H,12H2,1-2H3. The first-order chi connectivity index (χ1) is 13.2. The van der Waals surface area contributed by atoms with Gasteiger partial charge in [0.1, 0.15) is 17.2 Å². The lowest BCUT2D eigenvalue weighted by Gasteiger charge is -2.16. The third kappa shape index (κ3) is 4.31. The van der Waals surface area contributed by atoms with Crippen molar-refractivity contribution in [1.29, 1.82) is 5.26 Å². The van der Waals surface area contributed by atoms with Crippen LogP contribution in [0.15, 0.2) is 78.8 Å². The van der Waals surface area contributed by atoms with E-state index in [2.05, 4.69) is 11.4 Å². The maximum absolute atomic E-state index is 9.50. The fourth-order valence-corrected chi connectivity index (χ4v) is 2.84. The summed E-state index contributed by atoms with van der Waals surface area (Å²) in [4.78, 5) is 0. The average Bonchev–Trinajstić information content (AvgIpc) is 3.25. The van der Waals surface area contributed by atoms with Gasteiger partial charge in [0.05, 0.1) is 20.3 Å². The van der Waals surface area contributed by atoms with Crippen LogP contribution in [0.4, 0.5) is 5.69 Å². The van der Waals surface area contributed by atoms with Crippen LogP contribution in [0.25, 0.3) is 5.69 Å². The van der Waals surface area contributed by atoms with Crippen molar-refractivity contribution < 1.29 is 9.47 Å². The fourth-order valence-electron chi connectivity index (χ4n) is 2.84. The maximum Gasteiger partial charge on any atom is 0.146 e. The van der Waals surface area contributed by atoms with Crippen LogP contribution in [0.1, 0.15) is 5.56 Å². The van der Waals surface area contributed by atoms with Crippen molar-refractivity contribution in [3.8, 4) is 23.3 Å². The van der Waals surface area contributed by atoms with Crippen LogP contribution in [0, 0.1) is 11.3 Å². The van der Waals surface area contributed by atoms with Crippen molar-refractivity contribution in [2.24, 2.45) is 0 Å². The van der Waals surface area contributed by atoms with Crippen molar-refractivity contribution in [3.05, 3.63) is 84.3 Å². The van der Waals surface area contributed by atoms with Crippen LogP contribution in [0.2, 0.25) is 0 Å². The summed E-state index contributed by atoms with van der Waals surface area (Å²) in [6.45, 7) is 0. The number of allylic oxidation sites excluding steroid dienone is 1. The van der Waals surface area contributed by atoms with Crippen molar-refractivity contribution in [2.45, 2.75) is 6.42 Å². The van der Waals surface area contributed by atoms with E-state index < -0.39 is 0 Å². The molecule has 1 aromatic heterocycles. The van der Waals surface area contributed by atoms with E-state index in [1.54, 1.807) is 20.4 Å². The lowest BCUT2D eigenvalue weighted by molar-refractivity contribution is 0.390. The normalized spacial score (nSPS) is 10.9. The topological polar surface area (TPSA) is 59.2 Å². The second kappa shape index (κ2) is 8.63. The minimum atomic E-state index is 0.467. The molecule has 0 radical (unpaired) electrons. The molecule has 0 bridgehead atoms. The Kier molecular flexibility index (Phi) is 5.80. The highest BCUT2D eigenvalue weighted by Gasteiger charge is 2.14. The van der Waals surface area contributed by atoms with Gasteiger partial charge in [-0.05, 0) is 42.0 Å². The Balaban J connectivity index is 1.89. The van der Waals surface area contributed by atoms with Gasteiger partial charge in [0.25, 0.3) is 0 Å². The van der Waals surface area contributed by atoms with Gasteiger partial charge in [-0.3, -0.25) is 0 Å². The molecular formula is C22H21N3O2. The van der Waals surface area contributed by atoms with Crippen LogP contribution in [-0.4, -0.2) is 18.8 Å². The number of methoxy groups -OCH3 is 2. The second-order valence-electron chi connectivity index (χ2n) is 5.91. The summed E-state index contributed by atoms with van der Waals surface area (Å²) < 4.78 is 13.1. The van der Waals surface area contributed by atoms with E-state index in [0.29, 0.717) is 23.5 Å². The number of rotatable bonds is 7. The van der Waals surface area contributed by atoms with Gasteiger partial charge in [-0.15, -0.1) is 0 Å². The van der Waals surface area contributed by atoms with Crippen molar-refractivity contribution in [3.63, 3.8) is 0 Å². The first-order valence-electron chi connectivity index (χ1n) is 8.54. The number of para-hydroxylation sites is 1. The molecule has 136 valence electrons. The Bertz CT molecular complexity index is 930. The molecule has 5 heteroatoms. The third-order valence-corrected chi connectivity index (χ3v) is 4.13. The molecule has 5 nitrogen and oxygen atoms in total. The molecule has 0 saturated heterocycles. The zero-order chi connectivity index (χ0) is 19.1. The molecule has 27 heavy (non-hydrogen) atoms. The lowest BCUT2D eigenvalue weighted by atomic mass is 10.0. The van der Waals surface area contributed by atoms with Crippen molar-refractivity contribution >= 4 is 5.69 Å². The molecule has 0 atom stereocenters. The Hall–Kier alpha value is -3.65. The molecule has 0 unspecified atom stereocenters. The van der Waals surface area contributed by atoms with Gasteiger partial charge in [-0.2, -0.15) is 5.26 Å². The van der Waals surface area contributed by atoms with E-state index in [4.69, 9.17) is 9.47 Å². The molecule has 0 aliphatic rings. The number of anilines is 1. The zero-order valence-corrected chi connectivity index (χ0v) is 15.3. The minimum Gasteiger partial charge on any atom is -0.494 e. The lowest BCUT2D eigenvalue weighted by Crippen LogP contribution is -2.02. The van der Waals surface area contributed by atoms with Gasteiger partial charge in [-0.1, -0.05) is 18.2 Å². The highest BCUT2D eigenvalue weighted by atomic mass is 16.5. The SMILES string of the molecule is COc1cc(CC(C#N)=CNc2ccccc2)cc(OC)c1-n1cccc1. The van der Waals surface area contributed by atoms with Crippen LogP contribution in [-0.2, 0) is 6.42 Å². The third-order valence-electron chi connectivity index (χ3n) is 4.13. The maximum atomic E-state index is 9.50. The molecule has 3 aromatic rings. The highest BCUT2D eigenvalue weighted by Crippen LogP contribution is 2.35. The zero-order valence-electron chi connectivity index (χ0n) is 15.3. The van der Waals surface area contributed by atoms with Gasteiger partial charge in [-0.25, -0.2) is 0 Å². The molecule has 3 rings (SSSR count). The molecule has 0 aliphatic heterocycles. The average molecular weight is 359 g/mol. The molecule has 0 amide bonds. The Labute approximate surface area is 159 Å². The number of aromatic nitrogens is 1. The summed E-state index contributed by atoms with van der Waals surface area (Å²) in [5.74, 6) is 1.38. The van der Waals surface area contributed by atoms with Gasteiger partial charge in [0.2, 0.25) is 0 Å². The number of nitriles is 1. The van der Waals surface area contributed by atoms with E-state index >= 15 is 0 Å². The fraction of sp³-hybridized carbons (Fsp3) is 0.136. The summed E-state index contributed by atoms with van der Waals surface area (Å²) in [5.41, 5.74) is 3.31. The summed E-state index contributed by atoms with van der Waals surface area (Å²) in [5, 5.41) is 12.7. The van der Waals surface area contributed by atoms with E-state index in [0.717, 1.165) is 16.9 Å². The first-order valence-corrected chi connectivity index (χ1v) is 8.54. The van der Waals surface area contributed by atoms with Crippen molar-refractivity contribution in [2.75, 3.05) is 19.5 Å². The van der Waals surface area contributed by atoms with E-state index in [1.165, 1.54) is 0 Å². The van der Waals surface area contributed by atoms with Crippen molar-refractivity contribution in [1.82, 2.24) is 4.57 Å². The smallest absolute Gasteiger partial charge is 0.146 e. The van der Waals surface area contributed by atoms with E-state index in [-0.39, 0.29) is 0 Å². The van der Waals surface area contributed by atoms with Gasteiger partial charge >= 0.3 is 0 Å². The number of nitrogens with zero attached hydrogens (tertiary/aromatic N) is 2. The summed E-state index contributed by atoms with van der Waals surface area (Å²) in [6.07, 6.45) is 6.07. The predicted octanol–water partition coefficient (Wildman–Crippen LogP) is 4.56. The molecule has 1 N–H and O–H groups in total. The number of hydrogen-bond acceptors (Lipinski definition) is 4. The Morgan fingerprint density at radius 2 is 1.67 bits per heavy atom. The van der Waals surface area contributed by atoms with Gasteiger partial charge in [0, 0.05) is 36.3 Å². The number of benzene rings is 2. The highest BCUT2D eigenvalue weighted by molar-refractivity contribution is 5.60. The Morgan fingerprint density at radius 3 is 2.22 bits per heavy atom. The molecule has 2 aromatic carbocycles. The van der Waals surface area contributed by atoms with Gasteiger partial charge in [0.15, 0.2) is 0 Å². The first kappa shape index (κ1) is 18.2. The number of nitrogens with one attached hydrogen (secondary N) is 1. The molecule has 0 fully saturated rings. The second-order valence-corrected chi connectivity index (χ2v) is 5.91. The van der Waals surface area contributed by atoms with Crippen LogP contribution < -0.4 is 14.8 Å². The number of hydrogen-bond donors (Lipinski definition) is 1. The molecule has 0 saturated carbocycles. The summed E-state index contributed by atoms with van der Waals surface area (Å²) in [7, 11) is 3.26. The van der Waals surface area contributed by atoms with Crippen LogP contribution >= 0.6 is 0 Å². The van der Waals surface area contributed by atoms with E-state index in [1.807, 2.05) is 71.6 Å². The molecule has 1 heterocycles. The largest absolute Gasteiger partial charge is 0.494 e. The monoisotopic (exact) mass is 359 g/mol. The summed E-state index contributed by atoms with van der Waals surface area (Å²) >= 11 is 0.